The summed E-state index contributed by atoms with van der Waals surface area (Å²) in [7, 11) is -0.376. The Morgan fingerprint density at radius 3 is 2.14 bits per heavy atom. The molecule has 0 amide bonds. The lowest BCUT2D eigenvalue weighted by Gasteiger charge is -2.32. The molecule has 0 saturated carbocycles. The van der Waals surface area contributed by atoms with Gasteiger partial charge in [0.2, 0.25) is 0 Å². The van der Waals surface area contributed by atoms with E-state index in [2.05, 4.69) is 0 Å². The van der Waals surface area contributed by atoms with E-state index in [-0.39, 0.29) is 24.4 Å². The van der Waals surface area contributed by atoms with E-state index in [1.54, 1.807) is 0 Å². The summed E-state index contributed by atoms with van der Waals surface area (Å²) in [6, 6.07) is 7.59. The summed E-state index contributed by atoms with van der Waals surface area (Å²) < 4.78 is 22.9. The molecule has 2 saturated heterocycles. The summed E-state index contributed by atoms with van der Waals surface area (Å²) in [4.78, 5) is 0. The minimum Gasteiger partial charge on any atom is -0.485 e. The van der Waals surface area contributed by atoms with E-state index in [9.17, 15) is 5.11 Å². The molecule has 5 nitrogen and oxygen atoms in total. The molecule has 1 aromatic carbocycles. The maximum absolute atomic E-state index is 9.70. The van der Waals surface area contributed by atoms with Gasteiger partial charge in [0.1, 0.15) is 18.0 Å². The molecule has 2 heterocycles. The predicted molar refractivity (Wildman–Crippen MR) is 83.4 cm³/mol. The third-order valence-corrected chi connectivity index (χ3v) is 4.69. The molecular weight excluding hydrogens is 283 g/mol. The molecule has 2 atom stereocenters. The van der Waals surface area contributed by atoms with Crippen LogP contribution in [0.4, 0.5) is 0 Å². The number of ether oxygens (including phenoxy) is 2. The Morgan fingerprint density at radius 1 is 1.05 bits per heavy atom. The average molecular weight is 306 g/mol. The van der Waals surface area contributed by atoms with Crippen LogP contribution in [0.5, 0.6) is 5.75 Å². The summed E-state index contributed by atoms with van der Waals surface area (Å²) >= 11 is 0. The highest BCUT2D eigenvalue weighted by Crippen LogP contribution is 2.36. The minimum absolute atomic E-state index is 0.303. The number of aliphatic hydroxyl groups excluding tert-OH is 1. The van der Waals surface area contributed by atoms with E-state index in [0.29, 0.717) is 19.0 Å². The third-order valence-electron chi connectivity index (χ3n) is 4.69. The first-order chi connectivity index (χ1) is 10.3. The highest BCUT2D eigenvalue weighted by atomic mass is 16.7. The van der Waals surface area contributed by atoms with Crippen molar-refractivity contribution in [3.05, 3.63) is 24.3 Å². The smallest absolute Gasteiger partial charge is 0.485 e. The predicted octanol–water partition coefficient (Wildman–Crippen LogP) is 1.12. The minimum atomic E-state index is -0.567. The molecule has 1 N–H and O–H groups in total. The molecule has 2 fully saturated rings. The van der Waals surface area contributed by atoms with Crippen molar-refractivity contribution in [3.8, 4) is 5.75 Å². The van der Waals surface area contributed by atoms with Crippen molar-refractivity contribution in [2.45, 2.75) is 51.1 Å². The van der Waals surface area contributed by atoms with Gasteiger partial charge in [0.05, 0.1) is 24.4 Å². The number of hydrogen-bond acceptors (Lipinski definition) is 5. The van der Waals surface area contributed by atoms with Crippen LogP contribution in [-0.2, 0) is 14.0 Å². The van der Waals surface area contributed by atoms with Gasteiger partial charge in [-0.3, -0.25) is 0 Å². The fourth-order valence-corrected chi connectivity index (χ4v) is 2.49. The fourth-order valence-electron chi connectivity index (χ4n) is 2.49. The van der Waals surface area contributed by atoms with Gasteiger partial charge in [-0.15, -0.1) is 0 Å². The van der Waals surface area contributed by atoms with Crippen molar-refractivity contribution in [1.29, 1.82) is 0 Å². The van der Waals surface area contributed by atoms with Crippen LogP contribution in [0.1, 0.15) is 27.7 Å². The second-order valence-electron chi connectivity index (χ2n) is 6.92. The molecule has 3 rings (SSSR count). The van der Waals surface area contributed by atoms with Gasteiger partial charge < -0.3 is 23.9 Å². The molecule has 0 aliphatic carbocycles. The van der Waals surface area contributed by atoms with Gasteiger partial charge in [0, 0.05) is 0 Å². The topological polar surface area (TPSA) is 57.2 Å². The van der Waals surface area contributed by atoms with E-state index in [4.69, 9.17) is 18.8 Å². The van der Waals surface area contributed by atoms with Crippen molar-refractivity contribution in [2.75, 3.05) is 13.2 Å². The van der Waals surface area contributed by atoms with Crippen LogP contribution >= 0.6 is 0 Å². The van der Waals surface area contributed by atoms with Crippen LogP contribution in [0.2, 0.25) is 0 Å². The van der Waals surface area contributed by atoms with Crippen LogP contribution in [0, 0.1) is 0 Å². The van der Waals surface area contributed by atoms with Crippen molar-refractivity contribution in [2.24, 2.45) is 0 Å². The zero-order valence-electron chi connectivity index (χ0n) is 13.5. The summed E-state index contributed by atoms with van der Waals surface area (Å²) in [5, 5.41) is 9.70. The zero-order valence-corrected chi connectivity index (χ0v) is 13.5. The van der Waals surface area contributed by atoms with Gasteiger partial charge in [0.15, 0.2) is 0 Å². The lowest BCUT2D eigenvalue weighted by Crippen LogP contribution is -2.41. The quantitative estimate of drug-likeness (QED) is 0.848. The number of aliphatic hydroxyl groups is 1. The Morgan fingerprint density at radius 2 is 1.64 bits per heavy atom. The molecule has 2 aliphatic heterocycles. The maximum atomic E-state index is 9.70. The van der Waals surface area contributed by atoms with E-state index >= 15 is 0 Å². The van der Waals surface area contributed by atoms with Crippen molar-refractivity contribution < 1.29 is 23.9 Å². The van der Waals surface area contributed by atoms with Gasteiger partial charge >= 0.3 is 7.12 Å². The fraction of sp³-hybridized carbons (Fsp3) is 0.625. The number of benzene rings is 1. The van der Waals surface area contributed by atoms with E-state index in [1.165, 1.54) is 0 Å². The Hall–Kier alpha value is -1.08. The van der Waals surface area contributed by atoms with Gasteiger partial charge in [-0.1, -0.05) is 12.1 Å². The average Bonchev–Trinajstić information content (AvgIpc) is 2.92. The molecule has 0 unspecified atom stereocenters. The zero-order chi connectivity index (χ0) is 16.0. The molecule has 0 aromatic heterocycles. The standard InChI is InChI=1S/C16H23BO5/c1-15(2)16(3,4)22-17(21-15)11-5-7-12(8-6-11)20-14-10-19-9-13(14)18/h5-8,13-14,18H,9-10H2,1-4H3/t13-,14+/m1/s1. The molecule has 0 spiro atoms. The van der Waals surface area contributed by atoms with Crippen LogP contribution in [-0.4, -0.2) is 48.8 Å². The molecule has 1 aromatic rings. The number of hydrogen-bond donors (Lipinski definition) is 1. The Bertz CT molecular complexity index is 512. The van der Waals surface area contributed by atoms with E-state index in [0.717, 1.165) is 5.46 Å². The second-order valence-corrected chi connectivity index (χ2v) is 6.92. The largest absolute Gasteiger partial charge is 0.494 e. The summed E-state index contributed by atoms with van der Waals surface area (Å²) in [6.45, 7) is 8.88. The lowest BCUT2D eigenvalue weighted by atomic mass is 9.79. The summed E-state index contributed by atoms with van der Waals surface area (Å²) in [5.41, 5.74) is 0.255. The van der Waals surface area contributed by atoms with Gasteiger partial charge in [-0.2, -0.15) is 0 Å². The summed E-state index contributed by atoms with van der Waals surface area (Å²) in [6.07, 6.45) is -0.870. The highest BCUT2D eigenvalue weighted by molar-refractivity contribution is 6.62. The SMILES string of the molecule is CC1(C)OB(c2ccc(O[C@H]3COC[C@H]3O)cc2)OC1(C)C. The van der Waals surface area contributed by atoms with Crippen molar-refractivity contribution >= 4 is 12.6 Å². The number of rotatable bonds is 3. The first-order valence-electron chi connectivity index (χ1n) is 7.66. The second kappa shape index (κ2) is 5.53. The molecular formula is C16H23BO5. The van der Waals surface area contributed by atoms with Gasteiger partial charge in [-0.25, -0.2) is 0 Å². The molecule has 22 heavy (non-hydrogen) atoms. The monoisotopic (exact) mass is 306 g/mol. The highest BCUT2D eigenvalue weighted by Gasteiger charge is 2.51. The maximum Gasteiger partial charge on any atom is 0.494 e. The van der Waals surface area contributed by atoms with Crippen LogP contribution < -0.4 is 10.2 Å². The molecule has 6 heteroatoms. The van der Waals surface area contributed by atoms with Crippen molar-refractivity contribution in [1.82, 2.24) is 0 Å². The molecule has 2 aliphatic rings. The first kappa shape index (κ1) is 15.8. The van der Waals surface area contributed by atoms with E-state index in [1.807, 2.05) is 52.0 Å². The normalized spacial score (nSPS) is 29.8. The molecule has 0 radical (unpaired) electrons. The third kappa shape index (κ3) is 2.88. The Balaban J connectivity index is 1.67. The van der Waals surface area contributed by atoms with Crippen LogP contribution in [0.25, 0.3) is 0 Å². The Labute approximate surface area is 131 Å². The van der Waals surface area contributed by atoms with Crippen LogP contribution in [0.3, 0.4) is 0 Å². The van der Waals surface area contributed by atoms with Crippen molar-refractivity contribution in [3.63, 3.8) is 0 Å². The van der Waals surface area contributed by atoms with Crippen LogP contribution in [0.15, 0.2) is 24.3 Å². The van der Waals surface area contributed by atoms with Gasteiger partial charge in [0.25, 0.3) is 0 Å². The van der Waals surface area contributed by atoms with E-state index < -0.39 is 6.10 Å². The molecule has 120 valence electrons. The lowest BCUT2D eigenvalue weighted by molar-refractivity contribution is 0.00578. The summed E-state index contributed by atoms with van der Waals surface area (Å²) in [5.74, 6) is 0.704. The van der Waals surface area contributed by atoms with Gasteiger partial charge in [-0.05, 0) is 45.3 Å². The Kier molecular flexibility index (Phi) is 3.97. The first-order valence-corrected chi connectivity index (χ1v) is 7.66. The molecule has 0 bridgehead atoms.